The fraction of sp³-hybridized carbons (Fsp3) is 0.522. The van der Waals surface area contributed by atoms with Crippen molar-refractivity contribution in [2.24, 2.45) is 5.92 Å². The molecule has 1 aromatic heterocycles. The first-order valence-electron chi connectivity index (χ1n) is 10.8. The average Bonchev–Trinajstić information content (AvgIpc) is 3.07. The van der Waals surface area contributed by atoms with Crippen molar-refractivity contribution < 1.29 is 27.4 Å². The van der Waals surface area contributed by atoms with E-state index in [2.05, 4.69) is 0 Å². The summed E-state index contributed by atoms with van der Waals surface area (Å²) in [6.07, 6.45) is -3.27. The highest BCUT2D eigenvalue weighted by Crippen LogP contribution is 2.42. The molecule has 0 spiro atoms. The van der Waals surface area contributed by atoms with Crippen molar-refractivity contribution in [3.63, 3.8) is 0 Å². The first kappa shape index (κ1) is 23.1. The third-order valence-electron chi connectivity index (χ3n) is 6.19. The normalized spacial score (nSPS) is 18.2. The number of carbonyl (C=O) groups is 1. The lowest BCUT2D eigenvalue weighted by Gasteiger charge is -2.29. The third-order valence-corrected chi connectivity index (χ3v) is 6.44. The summed E-state index contributed by atoms with van der Waals surface area (Å²) < 4.78 is 54.9. The van der Waals surface area contributed by atoms with Gasteiger partial charge in [0.15, 0.2) is 0 Å². The fourth-order valence-corrected chi connectivity index (χ4v) is 4.71. The van der Waals surface area contributed by atoms with Crippen LogP contribution in [-0.4, -0.2) is 54.9 Å². The van der Waals surface area contributed by atoms with Gasteiger partial charge in [-0.15, -0.1) is 0 Å². The second kappa shape index (κ2) is 9.45. The summed E-state index contributed by atoms with van der Waals surface area (Å²) in [6.45, 7) is 4.04. The van der Waals surface area contributed by atoms with E-state index in [0.29, 0.717) is 68.5 Å². The molecule has 0 unspecified atom stereocenters. The van der Waals surface area contributed by atoms with Gasteiger partial charge < -0.3 is 18.9 Å². The van der Waals surface area contributed by atoms with Crippen molar-refractivity contribution in [2.75, 3.05) is 39.5 Å². The number of rotatable bonds is 4. The smallest absolute Gasteiger partial charge is 0.381 e. The van der Waals surface area contributed by atoms with E-state index in [-0.39, 0.29) is 23.7 Å². The maximum Gasteiger partial charge on any atom is 0.431 e. The van der Waals surface area contributed by atoms with Gasteiger partial charge in [0.25, 0.3) is 5.91 Å². The molecule has 5 nitrogen and oxygen atoms in total. The van der Waals surface area contributed by atoms with Crippen LogP contribution in [0.25, 0.3) is 11.1 Å². The zero-order valence-electron chi connectivity index (χ0n) is 17.9. The molecule has 1 amide bonds. The number of hydrogen-bond acceptors (Lipinski definition) is 3. The number of hydrogen-bond donors (Lipinski definition) is 0. The van der Waals surface area contributed by atoms with Crippen LogP contribution in [0, 0.1) is 12.8 Å². The Morgan fingerprint density at radius 3 is 2.25 bits per heavy atom. The van der Waals surface area contributed by atoms with Crippen LogP contribution < -0.4 is 0 Å². The summed E-state index contributed by atoms with van der Waals surface area (Å²) in [5.41, 5.74) is 0.247. The number of amides is 1. The quantitative estimate of drug-likeness (QED) is 0.629. The van der Waals surface area contributed by atoms with Gasteiger partial charge in [-0.25, -0.2) is 0 Å². The number of nitrogens with zero attached hydrogens (tertiary/aromatic N) is 2. The largest absolute Gasteiger partial charge is 0.431 e. The number of alkyl halides is 3. The molecule has 2 aliphatic heterocycles. The molecule has 9 heteroatoms. The molecule has 2 aromatic rings. The zero-order valence-corrected chi connectivity index (χ0v) is 18.6. The van der Waals surface area contributed by atoms with Gasteiger partial charge in [-0.2, -0.15) is 13.2 Å². The lowest BCUT2D eigenvalue weighted by molar-refractivity contribution is -0.144. The van der Waals surface area contributed by atoms with Crippen molar-refractivity contribution in [3.05, 3.63) is 46.2 Å². The van der Waals surface area contributed by atoms with Crippen molar-refractivity contribution in [1.82, 2.24) is 9.47 Å². The molecule has 3 heterocycles. The van der Waals surface area contributed by atoms with E-state index in [1.54, 1.807) is 29.2 Å². The minimum atomic E-state index is -4.60. The van der Waals surface area contributed by atoms with Crippen molar-refractivity contribution in [2.45, 2.75) is 32.5 Å². The highest BCUT2D eigenvalue weighted by molar-refractivity contribution is 6.30. The summed E-state index contributed by atoms with van der Waals surface area (Å²) in [7, 11) is 0. The van der Waals surface area contributed by atoms with E-state index in [4.69, 9.17) is 21.1 Å². The molecule has 4 rings (SSSR count). The van der Waals surface area contributed by atoms with E-state index in [1.807, 2.05) is 0 Å². The van der Waals surface area contributed by atoms with Crippen LogP contribution in [0.2, 0.25) is 5.02 Å². The van der Waals surface area contributed by atoms with Crippen LogP contribution >= 0.6 is 11.6 Å². The van der Waals surface area contributed by atoms with E-state index in [9.17, 15) is 18.0 Å². The number of ether oxygens (including phenoxy) is 2. The van der Waals surface area contributed by atoms with E-state index in [0.717, 1.165) is 0 Å². The standard InChI is InChI=1S/C23H26ClF3N2O3/c1-15-19(17-2-4-18(24)5-3-17)20(22(30)28-8-12-32-13-9-28)29(21(15)23(25,26)27)14-16-6-10-31-11-7-16/h2-5,16H,6-14H2,1H3. The maximum atomic E-state index is 14.3. The van der Waals surface area contributed by atoms with Crippen LogP contribution in [0.4, 0.5) is 13.2 Å². The van der Waals surface area contributed by atoms with Crippen LogP contribution in [0.5, 0.6) is 0 Å². The molecule has 2 aliphatic rings. The molecule has 0 aliphatic carbocycles. The van der Waals surface area contributed by atoms with Crippen molar-refractivity contribution >= 4 is 17.5 Å². The summed E-state index contributed by atoms with van der Waals surface area (Å²) in [5.74, 6) is -0.394. The highest BCUT2D eigenvalue weighted by atomic mass is 35.5. The molecule has 1 aromatic carbocycles. The Hall–Kier alpha value is -2.03. The van der Waals surface area contributed by atoms with Gasteiger partial charge in [-0.05, 0) is 48.9 Å². The Bertz CT molecular complexity index is 960. The van der Waals surface area contributed by atoms with Gasteiger partial charge in [0.2, 0.25) is 0 Å². The summed E-state index contributed by atoms with van der Waals surface area (Å²) in [6, 6.07) is 6.59. The molecule has 2 fully saturated rings. The second-order valence-corrected chi connectivity index (χ2v) is 8.71. The van der Waals surface area contributed by atoms with Crippen LogP contribution in [-0.2, 0) is 22.2 Å². The summed E-state index contributed by atoms with van der Waals surface area (Å²) in [4.78, 5) is 15.2. The summed E-state index contributed by atoms with van der Waals surface area (Å²) in [5, 5.41) is 0.477. The summed E-state index contributed by atoms with van der Waals surface area (Å²) >= 11 is 6.01. The van der Waals surface area contributed by atoms with Crippen molar-refractivity contribution in [3.8, 4) is 11.1 Å². The number of carbonyl (C=O) groups excluding carboxylic acids is 1. The second-order valence-electron chi connectivity index (χ2n) is 8.27. The number of halogens is 4. The lowest BCUT2D eigenvalue weighted by atomic mass is 9.99. The number of morpholine rings is 1. The van der Waals surface area contributed by atoms with Gasteiger partial charge >= 0.3 is 6.18 Å². The Labute approximate surface area is 190 Å². The molecule has 0 radical (unpaired) electrons. The minimum absolute atomic E-state index is 0.00552. The number of aromatic nitrogens is 1. The van der Waals surface area contributed by atoms with Crippen LogP contribution in [0.15, 0.2) is 24.3 Å². The Kier molecular flexibility index (Phi) is 6.83. The van der Waals surface area contributed by atoms with Crippen molar-refractivity contribution in [1.29, 1.82) is 0 Å². The molecular formula is C23H26ClF3N2O3. The van der Waals surface area contributed by atoms with Crippen LogP contribution in [0.1, 0.15) is 34.6 Å². The van der Waals surface area contributed by atoms with Crippen LogP contribution in [0.3, 0.4) is 0 Å². The molecule has 174 valence electrons. The molecule has 2 saturated heterocycles. The van der Waals surface area contributed by atoms with E-state index in [1.165, 1.54) is 11.5 Å². The van der Waals surface area contributed by atoms with E-state index < -0.39 is 17.8 Å². The van der Waals surface area contributed by atoms with Gasteiger partial charge in [0.1, 0.15) is 11.4 Å². The predicted molar refractivity (Wildman–Crippen MR) is 115 cm³/mol. The molecule has 0 atom stereocenters. The number of benzene rings is 1. The molecular weight excluding hydrogens is 445 g/mol. The maximum absolute atomic E-state index is 14.3. The first-order chi connectivity index (χ1) is 15.3. The SMILES string of the molecule is Cc1c(-c2ccc(Cl)cc2)c(C(=O)N2CCOCC2)n(CC2CCOCC2)c1C(F)(F)F. The van der Waals surface area contributed by atoms with Gasteiger partial charge in [-0.3, -0.25) is 4.79 Å². The Morgan fingerprint density at radius 1 is 1.06 bits per heavy atom. The average molecular weight is 471 g/mol. The van der Waals surface area contributed by atoms with Gasteiger partial charge in [0, 0.05) is 43.4 Å². The fourth-order valence-electron chi connectivity index (χ4n) is 4.59. The molecule has 0 bridgehead atoms. The lowest BCUT2D eigenvalue weighted by Crippen LogP contribution is -2.42. The van der Waals surface area contributed by atoms with Gasteiger partial charge in [0.05, 0.1) is 13.2 Å². The highest BCUT2D eigenvalue weighted by Gasteiger charge is 2.42. The third kappa shape index (κ3) is 4.67. The van der Waals surface area contributed by atoms with Gasteiger partial charge in [-0.1, -0.05) is 23.7 Å². The molecule has 0 saturated carbocycles. The monoisotopic (exact) mass is 470 g/mol. The Balaban J connectivity index is 1.90. The topological polar surface area (TPSA) is 43.7 Å². The zero-order chi connectivity index (χ0) is 22.9. The Morgan fingerprint density at radius 2 is 1.66 bits per heavy atom. The molecule has 32 heavy (non-hydrogen) atoms. The first-order valence-corrected chi connectivity index (χ1v) is 11.2. The molecule has 0 N–H and O–H groups in total. The predicted octanol–water partition coefficient (Wildman–Crippen LogP) is 5.03. The minimum Gasteiger partial charge on any atom is -0.381 e. The van der Waals surface area contributed by atoms with E-state index >= 15 is 0 Å².